The van der Waals surface area contributed by atoms with Crippen LogP contribution in [0.25, 0.3) is 11.5 Å². The lowest BCUT2D eigenvalue weighted by Gasteiger charge is -2.56. The first-order valence-electron chi connectivity index (χ1n) is 13.6. The van der Waals surface area contributed by atoms with Crippen LogP contribution in [-0.2, 0) is 5.60 Å². The van der Waals surface area contributed by atoms with Crippen molar-refractivity contribution in [1.82, 2.24) is 15.0 Å². The number of anilines is 1. The van der Waals surface area contributed by atoms with Crippen LogP contribution in [-0.4, -0.2) is 58.7 Å². The van der Waals surface area contributed by atoms with Crippen LogP contribution in [0, 0.1) is 5.41 Å². The van der Waals surface area contributed by atoms with Crippen molar-refractivity contribution < 1.29 is 37.1 Å². The van der Waals surface area contributed by atoms with E-state index in [1.807, 2.05) is 32.7 Å². The van der Waals surface area contributed by atoms with Gasteiger partial charge in [0.15, 0.2) is 0 Å². The number of alkyl halides is 3. The molecule has 0 bridgehead atoms. The van der Waals surface area contributed by atoms with Crippen LogP contribution in [0.3, 0.4) is 0 Å². The first-order chi connectivity index (χ1) is 20.3. The molecule has 0 aliphatic carbocycles. The summed E-state index contributed by atoms with van der Waals surface area (Å²) in [5.74, 6) is -0.524. The average molecular weight is 597 g/mol. The van der Waals surface area contributed by atoms with Gasteiger partial charge in [-0.3, -0.25) is 4.79 Å². The Balaban J connectivity index is 1.42. The second kappa shape index (κ2) is 11.3. The van der Waals surface area contributed by atoms with Crippen LogP contribution in [0.15, 0.2) is 77.3 Å². The Morgan fingerprint density at radius 2 is 1.72 bits per heavy atom. The number of amides is 1. The van der Waals surface area contributed by atoms with E-state index in [1.165, 1.54) is 24.3 Å². The van der Waals surface area contributed by atoms with Crippen molar-refractivity contribution >= 4 is 11.6 Å². The number of benzene rings is 3. The molecule has 226 valence electrons. The zero-order valence-corrected chi connectivity index (χ0v) is 24.0. The molecule has 1 atom stereocenters. The minimum absolute atomic E-state index is 0.0327. The fraction of sp³-hybridized carbons (Fsp3) is 0.323. The van der Waals surface area contributed by atoms with Gasteiger partial charge in [0.05, 0.1) is 6.10 Å². The summed E-state index contributed by atoms with van der Waals surface area (Å²) in [7, 11) is 1.91. The molecule has 0 saturated carbocycles. The van der Waals surface area contributed by atoms with Crippen molar-refractivity contribution in [3.63, 3.8) is 0 Å². The number of carbonyl (C=O) groups excluding carboxylic acids is 1. The van der Waals surface area contributed by atoms with E-state index in [9.17, 15) is 23.1 Å². The van der Waals surface area contributed by atoms with Crippen LogP contribution in [0.5, 0.6) is 11.5 Å². The van der Waals surface area contributed by atoms with E-state index < -0.39 is 23.3 Å². The van der Waals surface area contributed by atoms with Crippen molar-refractivity contribution in [3.05, 3.63) is 89.7 Å². The molecule has 0 radical (unpaired) electrons. The highest BCUT2D eigenvalue weighted by molar-refractivity contribution is 6.01. The minimum Gasteiger partial charge on any atom is -0.491 e. The summed E-state index contributed by atoms with van der Waals surface area (Å²) in [6.45, 7) is 6.77. The van der Waals surface area contributed by atoms with E-state index >= 15 is 0 Å². The maximum Gasteiger partial charge on any atom is 0.573 e. The standard InChI is InChI=1S/C31H31F3N4O5/c1-19(2)41-25-10-6-9-23(16-25)35-27(39)26-36-28(43-37-26)20-7-5-8-22(15-20)30(40,29(3)17-38(4)18-29)21-11-13-24(14-12-21)42-31(32,33)34/h5-16,19,40H,17-18H2,1-4H3,(H,35,39)/t30-/m0/s1. The molecule has 1 amide bonds. The van der Waals surface area contributed by atoms with Crippen LogP contribution in [0.2, 0.25) is 0 Å². The van der Waals surface area contributed by atoms with Gasteiger partial charge in [-0.15, -0.1) is 13.2 Å². The van der Waals surface area contributed by atoms with Crippen LogP contribution in [0.1, 0.15) is 42.5 Å². The number of nitrogens with zero attached hydrogens (tertiary/aromatic N) is 3. The van der Waals surface area contributed by atoms with E-state index in [0.29, 0.717) is 41.2 Å². The summed E-state index contributed by atoms with van der Waals surface area (Å²) in [5, 5.41) is 18.9. The largest absolute Gasteiger partial charge is 0.573 e. The summed E-state index contributed by atoms with van der Waals surface area (Å²) >= 11 is 0. The molecule has 3 aromatic carbocycles. The Morgan fingerprint density at radius 3 is 2.37 bits per heavy atom. The molecule has 0 unspecified atom stereocenters. The van der Waals surface area contributed by atoms with Gasteiger partial charge < -0.3 is 29.3 Å². The SMILES string of the molecule is CC(C)Oc1cccc(NC(=O)c2noc(-c3cccc([C@@](O)(c4ccc(OC(F)(F)F)cc4)C4(C)CN(C)C4)c3)n2)c1. The smallest absolute Gasteiger partial charge is 0.491 e. The Bertz CT molecular complexity index is 1600. The van der Waals surface area contributed by atoms with Gasteiger partial charge in [-0.05, 0) is 68.4 Å². The predicted molar refractivity (Wildman–Crippen MR) is 152 cm³/mol. The molecule has 9 nitrogen and oxygen atoms in total. The maximum absolute atomic E-state index is 12.9. The molecule has 5 rings (SSSR count). The lowest BCUT2D eigenvalue weighted by molar-refractivity contribution is -0.274. The predicted octanol–water partition coefficient (Wildman–Crippen LogP) is 5.86. The highest BCUT2D eigenvalue weighted by Gasteiger charge is 2.55. The lowest BCUT2D eigenvalue weighted by atomic mass is 9.62. The van der Waals surface area contributed by atoms with Gasteiger partial charge in [-0.25, -0.2) is 0 Å². The van der Waals surface area contributed by atoms with Crippen molar-refractivity contribution in [2.24, 2.45) is 5.41 Å². The van der Waals surface area contributed by atoms with Gasteiger partial charge in [0.1, 0.15) is 17.1 Å². The highest BCUT2D eigenvalue weighted by atomic mass is 19.4. The molecule has 1 aliphatic heterocycles. The van der Waals surface area contributed by atoms with Gasteiger partial charge in [0, 0.05) is 35.8 Å². The lowest BCUT2D eigenvalue weighted by Crippen LogP contribution is -2.63. The number of aliphatic hydroxyl groups is 1. The molecule has 4 aromatic rings. The van der Waals surface area contributed by atoms with Gasteiger partial charge in [0.25, 0.3) is 17.6 Å². The van der Waals surface area contributed by atoms with Crippen molar-refractivity contribution in [3.8, 4) is 23.0 Å². The van der Waals surface area contributed by atoms with Crippen molar-refractivity contribution in [2.75, 3.05) is 25.5 Å². The molecule has 1 saturated heterocycles. The molecule has 1 fully saturated rings. The van der Waals surface area contributed by atoms with Gasteiger partial charge >= 0.3 is 6.36 Å². The van der Waals surface area contributed by atoms with E-state index in [-0.39, 0.29) is 23.6 Å². The number of hydrogen-bond donors (Lipinski definition) is 2. The Kier molecular flexibility index (Phi) is 7.93. The summed E-state index contributed by atoms with van der Waals surface area (Å²) in [5.41, 5.74) is -0.480. The zero-order valence-electron chi connectivity index (χ0n) is 24.0. The van der Waals surface area contributed by atoms with Gasteiger partial charge in [-0.1, -0.05) is 42.4 Å². The summed E-state index contributed by atoms with van der Waals surface area (Å²) in [6, 6.07) is 18.9. The molecule has 0 spiro atoms. The molecule has 12 heteroatoms. The third-order valence-corrected chi connectivity index (χ3v) is 7.24. The molecule has 1 aliphatic rings. The van der Waals surface area contributed by atoms with Crippen LogP contribution >= 0.6 is 0 Å². The topological polar surface area (TPSA) is 110 Å². The van der Waals surface area contributed by atoms with Crippen molar-refractivity contribution in [1.29, 1.82) is 0 Å². The summed E-state index contributed by atoms with van der Waals surface area (Å²) in [4.78, 5) is 19.2. The molecular weight excluding hydrogens is 565 g/mol. The maximum atomic E-state index is 12.9. The monoisotopic (exact) mass is 596 g/mol. The molecule has 2 heterocycles. The molecule has 2 N–H and O–H groups in total. The quantitative estimate of drug-likeness (QED) is 0.247. The number of likely N-dealkylation sites (tertiary alicyclic amines) is 1. The van der Waals surface area contributed by atoms with E-state index in [0.717, 1.165) is 0 Å². The van der Waals surface area contributed by atoms with E-state index in [4.69, 9.17) is 9.26 Å². The summed E-state index contributed by atoms with van der Waals surface area (Å²) < 4.78 is 53.3. The van der Waals surface area contributed by atoms with Gasteiger partial charge in [0.2, 0.25) is 0 Å². The zero-order chi connectivity index (χ0) is 31.0. The first-order valence-corrected chi connectivity index (χ1v) is 13.6. The average Bonchev–Trinajstić information content (AvgIpc) is 3.42. The second-order valence-corrected chi connectivity index (χ2v) is 11.2. The summed E-state index contributed by atoms with van der Waals surface area (Å²) in [6.07, 6.45) is -4.87. The normalized spacial score (nSPS) is 16.3. The molecular formula is C31H31F3N4O5. The molecule has 1 aromatic heterocycles. The Labute approximate surface area is 246 Å². The number of ether oxygens (including phenoxy) is 2. The number of halogens is 3. The second-order valence-electron chi connectivity index (χ2n) is 11.2. The van der Waals surface area contributed by atoms with Crippen LogP contribution < -0.4 is 14.8 Å². The van der Waals surface area contributed by atoms with E-state index in [1.54, 1.807) is 48.5 Å². The number of nitrogens with one attached hydrogen (secondary N) is 1. The van der Waals surface area contributed by atoms with Crippen LogP contribution in [0.4, 0.5) is 18.9 Å². The van der Waals surface area contributed by atoms with Crippen molar-refractivity contribution in [2.45, 2.75) is 38.8 Å². The molecule has 43 heavy (non-hydrogen) atoms. The van der Waals surface area contributed by atoms with Gasteiger partial charge in [-0.2, -0.15) is 4.98 Å². The number of rotatable bonds is 9. The fourth-order valence-electron chi connectivity index (χ4n) is 5.55. The third kappa shape index (κ3) is 6.35. The number of carbonyl (C=O) groups is 1. The fourth-order valence-corrected chi connectivity index (χ4v) is 5.55. The Morgan fingerprint density at radius 1 is 1.02 bits per heavy atom. The number of hydrogen-bond acceptors (Lipinski definition) is 8. The highest BCUT2D eigenvalue weighted by Crippen LogP contribution is 2.50. The van der Waals surface area contributed by atoms with E-state index in [2.05, 4.69) is 20.2 Å². The Hall–Kier alpha value is -4.42. The minimum atomic E-state index is -4.83. The first kappa shape index (κ1) is 30.1. The third-order valence-electron chi connectivity index (χ3n) is 7.24. The number of aromatic nitrogens is 2.